The van der Waals surface area contributed by atoms with E-state index >= 15 is 0 Å². The van der Waals surface area contributed by atoms with Crippen LogP contribution in [0.1, 0.15) is 36.7 Å². The summed E-state index contributed by atoms with van der Waals surface area (Å²) in [6.45, 7) is 0.665. The summed E-state index contributed by atoms with van der Waals surface area (Å²) in [6.07, 6.45) is 5.98. The van der Waals surface area contributed by atoms with Gasteiger partial charge in [-0.05, 0) is 43.0 Å². The van der Waals surface area contributed by atoms with Gasteiger partial charge in [-0.3, -0.25) is 14.6 Å². The molecule has 1 N–H and O–H groups in total. The largest absolute Gasteiger partial charge is 0.496 e. The number of hydrogen-bond donors (Lipinski definition) is 1. The molecule has 30 heavy (non-hydrogen) atoms. The summed E-state index contributed by atoms with van der Waals surface area (Å²) in [5, 5.41) is 0. The van der Waals surface area contributed by atoms with Crippen LogP contribution < -0.4 is 10.3 Å². The molecule has 1 saturated heterocycles. The first-order valence-corrected chi connectivity index (χ1v) is 10.1. The number of ether oxygens (including phenoxy) is 1. The Kier molecular flexibility index (Phi) is 5.88. The summed E-state index contributed by atoms with van der Waals surface area (Å²) >= 11 is 0. The molecule has 1 aromatic carbocycles. The number of likely N-dealkylation sites (tertiary alicyclic amines) is 1. The lowest BCUT2D eigenvalue weighted by Crippen LogP contribution is -2.32. The van der Waals surface area contributed by atoms with Crippen LogP contribution in [0.25, 0.3) is 11.3 Å². The van der Waals surface area contributed by atoms with Gasteiger partial charge in [-0.2, -0.15) is 0 Å². The first-order valence-electron chi connectivity index (χ1n) is 10.1. The second-order valence-corrected chi connectivity index (χ2v) is 7.31. The molecule has 1 atom stereocenters. The number of methoxy groups -OCH3 is 1. The minimum atomic E-state index is -0.222. The average Bonchev–Trinajstić information content (AvgIpc) is 3.28. The molecule has 3 heterocycles. The van der Waals surface area contributed by atoms with E-state index in [1.54, 1.807) is 19.5 Å². The summed E-state index contributed by atoms with van der Waals surface area (Å²) in [4.78, 5) is 38.6. The monoisotopic (exact) mass is 404 g/mol. The van der Waals surface area contributed by atoms with Crippen LogP contribution in [0.15, 0.2) is 59.7 Å². The van der Waals surface area contributed by atoms with Crippen molar-refractivity contribution in [2.75, 3.05) is 13.7 Å². The van der Waals surface area contributed by atoms with E-state index in [1.807, 2.05) is 41.3 Å². The molecular weight excluding hydrogens is 380 g/mol. The van der Waals surface area contributed by atoms with Crippen LogP contribution in [0.3, 0.4) is 0 Å². The molecule has 2 aromatic heterocycles. The maximum absolute atomic E-state index is 13.0. The highest BCUT2D eigenvalue weighted by Crippen LogP contribution is 2.31. The van der Waals surface area contributed by atoms with Gasteiger partial charge >= 0.3 is 0 Å². The second kappa shape index (κ2) is 8.90. The van der Waals surface area contributed by atoms with Gasteiger partial charge < -0.3 is 14.6 Å². The van der Waals surface area contributed by atoms with E-state index in [4.69, 9.17) is 4.74 Å². The molecule has 154 valence electrons. The van der Waals surface area contributed by atoms with E-state index in [0.717, 1.165) is 29.7 Å². The first-order chi connectivity index (χ1) is 14.7. The van der Waals surface area contributed by atoms with Crippen molar-refractivity contribution in [3.63, 3.8) is 0 Å². The minimum Gasteiger partial charge on any atom is -0.496 e. The number of aryl methyl sites for hydroxylation is 1. The van der Waals surface area contributed by atoms with Gasteiger partial charge in [0.15, 0.2) is 0 Å². The van der Waals surface area contributed by atoms with Gasteiger partial charge in [0.05, 0.1) is 18.8 Å². The molecule has 3 aromatic rings. The summed E-state index contributed by atoms with van der Waals surface area (Å²) in [6, 6.07) is 12.6. The summed E-state index contributed by atoms with van der Waals surface area (Å²) in [5.41, 5.74) is 2.20. The number of aromatic nitrogens is 3. The van der Waals surface area contributed by atoms with Gasteiger partial charge in [-0.15, -0.1) is 0 Å². The number of aromatic amines is 1. The molecule has 0 saturated carbocycles. The van der Waals surface area contributed by atoms with Crippen LogP contribution in [-0.2, 0) is 11.2 Å². The number of nitrogens with zero attached hydrogens (tertiary/aromatic N) is 3. The number of pyridine rings is 1. The summed E-state index contributed by atoms with van der Waals surface area (Å²) in [5.74, 6) is 1.39. The van der Waals surface area contributed by atoms with Crippen molar-refractivity contribution >= 4 is 5.91 Å². The molecule has 0 aliphatic carbocycles. The van der Waals surface area contributed by atoms with Gasteiger partial charge in [0.2, 0.25) is 5.91 Å². The third-order valence-corrected chi connectivity index (χ3v) is 5.43. The van der Waals surface area contributed by atoms with Crippen LogP contribution in [0.5, 0.6) is 5.75 Å². The van der Waals surface area contributed by atoms with Crippen LogP contribution >= 0.6 is 0 Å². The predicted molar refractivity (Wildman–Crippen MR) is 113 cm³/mol. The van der Waals surface area contributed by atoms with Crippen molar-refractivity contribution < 1.29 is 9.53 Å². The number of nitrogens with one attached hydrogen (secondary N) is 1. The zero-order chi connectivity index (χ0) is 20.9. The normalized spacial score (nSPS) is 15.9. The Morgan fingerprint density at radius 1 is 1.23 bits per heavy atom. The fourth-order valence-electron chi connectivity index (χ4n) is 3.95. The smallest absolute Gasteiger partial charge is 0.251 e. The van der Waals surface area contributed by atoms with Crippen molar-refractivity contribution in [1.29, 1.82) is 0 Å². The molecule has 1 fully saturated rings. The van der Waals surface area contributed by atoms with E-state index in [9.17, 15) is 9.59 Å². The predicted octanol–water partition coefficient (Wildman–Crippen LogP) is 3.14. The number of rotatable bonds is 6. The lowest BCUT2D eigenvalue weighted by atomic mass is 10.1. The number of hydrogen-bond acceptors (Lipinski definition) is 5. The van der Waals surface area contributed by atoms with Gasteiger partial charge in [-0.25, -0.2) is 4.98 Å². The highest BCUT2D eigenvalue weighted by molar-refractivity contribution is 5.77. The number of carbonyl (C=O) groups excluding carboxylic acids is 1. The van der Waals surface area contributed by atoms with Crippen molar-refractivity contribution in [2.45, 2.75) is 31.7 Å². The van der Waals surface area contributed by atoms with Crippen LogP contribution in [-0.4, -0.2) is 39.4 Å². The highest BCUT2D eigenvalue weighted by atomic mass is 16.5. The Balaban J connectivity index is 1.53. The van der Waals surface area contributed by atoms with Gasteiger partial charge in [0.25, 0.3) is 5.56 Å². The minimum absolute atomic E-state index is 0.0559. The number of para-hydroxylation sites is 1. The third-order valence-electron chi connectivity index (χ3n) is 5.43. The van der Waals surface area contributed by atoms with E-state index in [0.29, 0.717) is 30.9 Å². The van der Waals surface area contributed by atoms with Gasteiger partial charge in [-0.1, -0.05) is 18.2 Å². The molecule has 1 aliphatic heterocycles. The molecule has 1 aliphatic rings. The molecule has 0 radical (unpaired) electrons. The first kappa shape index (κ1) is 19.8. The standard InChI is InChI=1S/C23H24N4O3/c1-30-20-7-3-2-5-17(20)8-9-22(29)27-14-4-6-19(27)23-25-18(15-21(28)26-23)16-10-12-24-13-11-16/h2-3,5,7,10-13,15,19H,4,6,8-9,14H2,1H3,(H,25,26,28)/t19-/m1/s1. The molecule has 7 nitrogen and oxygen atoms in total. The van der Waals surface area contributed by atoms with Crippen molar-refractivity contribution in [3.8, 4) is 17.0 Å². The maximum Gasteiger partial charge on any atom is 0.251 e. The van der Waals surface area contributed by atoms with E-state index < -0.39 is 0 Å². The molecule has 1 amide bonds. The topological polar surface area (TPSA) is 88.2 Å². The number of benzene rings is 1. The quantitative estimate of drug-likeness (QED) is 0.682. The van der Waals surface area contributed by atoms with Crippen LogP contribution in [0.4, 0.5) is 0 Å². The zero-order valence-electron chi connectivity index (χ0n) is 16.9. The second-order valence-electron chi connectivity index (χ2n) is 7.31. The zero-order valence-corrected chi connectivity index (χ0v) is 16.9. The fourth-order valence-corrected chi connectivity index (χ4v) is 3.95. The lowest BCUT2D eigenvalue weighted by molar-refractivity contribution is -0.132. The molecule has 0 bridgehead atoms. The Morgan fingerprint density at radius 2 is 2.03 bits per heavy atom. The summed E-state index contributed by atoms with van der Waals surface area (Å²) < 4.78 is 5.38. The van der Waals surface area contributed by atoms with Crippen LogP contribution in [0.2, 0.25) is 0 Å². The molecule has 0 unspecified atom stereocenters. The Morgan fingerprint density at radius 3 is 2.83 bits per heavy atom. The molecular formula is C23H24N4O3. The number of amides is 1. The SMILES string of the molecule is COc1ccccc1CCC(=O)N1CCC[C@@H]1c1nc(-c2ccncc2)cc(=O)[nH]1. The van der Waals surface area contributed by atoms with Crippen molar-refractivity contribution in [1.82, 2.24) is 19.9 Å². The highest BCUT2D eigenvalue weighted by Gasteiger charge is 2.31. The molecule has 0 spiro atoms. The van der Waals surface area contributed by atoms with E-state index in [-0.39, 0.29) is 17.5 Å². The number of carbonyl (C=O) groups is 1. The Bertz CT molecular complexity index is 1080. The Hall–Kier alpha value is -3.48. The maximum atomic E-state index is 13.0. The average molecular weight is 404 g/mol. The van der Waals surface area contributed by atoms with E-state index in [1.165, 1.54) is 6.07 Å². The lowest BCUT2D eigenvalue weighted by Gasteiger charge is -2.24. The van der Waals surface area contributed by atoms with Crippen LogP contribution in [0, 0.1) is 0 Å². The Labute approximate surface area is 174 Å². The van der Waals surface area contributed by atoms with Crippen molar-refractivity contribution in [3.05, 3.63) is 76.6 Å². The third kappa shape index (κ3) is 4.25. The fraction of sp³-hybridized carbons (Fsp3) is 0.304. The number of H-pyrrole nitrogens is 1. The summed E-state index contributed by atoms with van der Waals surface area (Å²) in [7, 11) is 1.63. The van der Waals surface area contributed by atoms with Gasteiger partial charge in [0, 0.05) is 37.0 Å². The van der Waals surface area contributed by atoms with Gasteiger partial charge in [0.1, 0.15) is 11.6 Å². The molecule has 4 rings (SSSR count). The molecule has 7 heteroatoms. The van der Waals surface area contributed by atoms with E-state index in [2.05, 4.69) is 15.0 Å². The van der Waals surface area contributed by atoms with Crippen molar-refractivity contribution in [2.24, 2.45) is 0 Å².